The van der Waals surface area contributed by atoms with Crippen LogP contribution in [0.3, 0.4) is 0 Å². The molecule has 3 rings (SSSR count). The first-order valence-corrected chi connectivity index (χ1v) is 10.4. The Morgan fingerprint density at radius 3 is 2.61 bits per heavy atom. The Kier molecular flexibility index (Phi) is 6.67. The number of likely N-dealkylation sites (N-methyl/N-ethyl adjacent to an activating group) is 1. The van der Waals surface area contributed by atoms with Gasteiger partial charge in [-0.05, 0) is 37.3 Å². The topological polar surface area (TPSA) is 66.5 Å². The summed E-state index contributed by atoms with van der Waals surface area (Å²) in [4.78, 5) is 39.0. The third-order valence-electron chi connectivity index (χ3n) is 5.12. The average Bonchev–Trinajstić information content (AvgIpc) is 3.50. The molecule has 0 aromatic heterocycles. The van der Waals surface area contributed by atoms with E-state index >= 15 is 0 Å². The number of rotatable bonds is 6. The number of carbonyl (C=O) groups is 3. The Labute approximate surface area is 168 Å². The van der Waals surface area contributed by atoms with Crippen LogP contribution in [-0.4, -0.2) is 40.7 Å². The summed E-state index contributed by atoms with van der Waals surface area (Å²) in [6, 6.07) is 5.59. The molecule has 1 saturated carbocycles. The maximum absolute atomic E-state index is 14.7. The van der Waals surface area contributed by atoms with Crippen molar-refractivity contribution in [2.75, 3.05) is 13.6 Å². The van der Waals surface area contributed by atoms with Gasteiger partial charge >= 0.3 is 0 Å². The molecule has 1 aromatic rings. The summed E-state index contributed by atoms with van der Waals surface area (Å²) in [7, 11) is 1.55. The van der Waals surface area contributed by atoms with Crippen LogP contribution in [0.15, 0.2) is 35.9 Å². The van der Waals surface area contributed by atoms with Crippen LogP contribution in [-0.2, 0) is 14.4 Å². The van der Waals surface area contributed by atoms with E-state index in [1.807, 2.05) is 4.90 Å². The fourth-order valence-corrected chi connectivity index (χ4v) is 4.67. The van der Waals surface area contributed by atoms with E-state index in [1.165, 1.54) is 19.1 Å². The smallest absolute Gasteiger partial charge is 0.243 e. The molecule has 2 aliphatic rings. The van der Waals surface area contributed by atoms with E-state index < -0.39 is 17.2 Å². The first kappa shape index (κ1) is 20.7. The largest absolute Gasteiger partial charge is 0.356 e. The monoisotopic (exact) mass is 404 g/mol. The number of hydrogen-bond acceptors (Lipinski definition) is 5. The number of likely N-dealkylation sites (tertiary alicyclic amines) is 1. The standard InChI is InChI=1S/C21H25FN2O3S/c1-13(25)28-21-15(12-18(26)23-2)6-5-11-24(21)19(20(27)14-9-10-14)16-7-3-4-8-17(16)22/h3-4,7-8,12,14,19,21H,5-6,9-11H2,1-2H3,(H,23,26)/b15-12+. The second kappa shape index (κ2) is 9.01. The molecule has 1 aromatic carbocycles. The normalized spacial score (nSPS) is 22.7. The van der Waals surface area contributed by atoms with E-state index in [0.717, 1.165) is 36.6 Å². The highest BCUT2D eigenvalue weighted by Crippen LogP contribution is 2.43. The predicted molar refractivity (Wildman–Crippen MR) is 107 cm³/mol. The molecule has 1 amide bonds. The average molecular weight is 405 g/mol. The van der Waals surface area contributed by atoms with Crippen LogP contribution in [0.1, 0.15) is 44.2 Å². The summed E-state index contributed by atoms with van der Waals surface area (Å²) in [5.41, 5.74) is 1.13. The summed E-state index contributed by atoms with van der Waals surface area (Å²) < 4.78 is 14.7. The quantitative estimate of drug-likeness (QED) is 0.738. The van der Waals surface area contributed by atoms with Gasteiger partial charge in [0.2, 0.25) is 5.91 Å². The van der Waals surface area contributed by atoms with E-state index in [1.54, 1.807) is 25.2 Å². The Hall–Kier alpha value is -1.99. The fourth-order valence-electron chi connectivity index (χ4n) is 3.65. The lowest BCUT2D eigenvalue weighted by molar-refractivity contribution is -0.126. The van der Waals surface area contributed by atoms with Crippen molar-refractivity contribution in [3.05, 3.63) is 47.3 Å². The maximum atomic E-state index is 14.7. The molecular formula is C21H25FN2O3S. The van der Waals surface area contributed by atoms with Gasteiger partial charge in [-0.2, -0.15) is 0 Å². The highest BCUT2D eigenvalue weighted by atomic mass is 32.2. The van der Waals surface area contributed by atoms with Gasteiger partial charge in [-0.3, -0.25) is 19.3 Å². The van der Waals surface area contributed by atoms with Crippen molar-refractivity contribution >= 4 is 28.6 Å². The lowest BCUT2D eigenvalue weighted by Gasteiger charge is -2.41. The Balaban J connectivity index is 2.04. The number of halogens is 1. The number of nitrogens with one attached hydrogen (secondary N) is 1. The molecule has 0 radical (unpaired) electrons. The maximum Gasteiger partial charge on any atom is 0.243 e. The molecule has 0 bridgehead atoms. The number of piperidine rings is 1. The van der Waals surface area contributed by atoms with Crippen molar-refractivity contribution in [1.29, 1.82) is 0 Å². The summed E-state index contributed by atoms with van der Waals surface area (Å²) in [5.74, 6) is -0.723. The van der Waals surface area contributed by atoms with Gasteiger partial charge < -0.3 is 5.32 Å². The lowest BCUT2D eigenvalue weighted by Crippen LogP contribution is -2.46. The van der Waals surface area contributed by atoms with Crippen LogP contribution >= 0.6 is 11.8 Å². The summed E-state index contributed by atoms with van der Waals surface area (Å²) in [5, 5.41) is 2.00. The van der Waals surface area contributed by atoms with Crippen molar-refractivity contribution in [2.24, 2.45) is 5.92 Å². The minimum absolute atomic E-state index is 0.000412. The Bertz CT molecular complexity index is 807. The van der Waals surface area contributed by atoms with E-state index in [0.29, 0.717) is 18.5 Å². The zero-order chi connectivity index (χ0) is 20.3. The number of Topliss-reactive ketones (excluding diaryl/α,β-unsaturated/α-hetero) is 1. The third kappa shape index (κ3) is 4.70. The van der Waals surface area contributed by atoms with Crippen molar-refractivity contribution < 1.29 is 18.8 Å². The molecule has 1 saturated heterocycles. The first-order valence-electron chi connectivity index (χ1n) is 9.55. The van der Waals surface area contributed by atoms with Crippen LogP contribution < -0.4 is 5.32 Å². The van der Waals surface area contributed by atoms with Crippen LogP contribution in [0.4, 0.5) is 4.39 Å². The minimum Gasteiger partial charge on any atom is -0.356 e. The molecule has 2 atom stereocenters. The molecule has 150 valence electrons. The molecule has 5 nitrogen and oxygen atoms in total. The fraction of sp³-hybridized carbons (Fsp3) is 0.476. The number of thioether (sulfide) groups is 1. The number of ketones is 1. The molecule has 1 heterocycles. The van der Waals surface area contributed by atoms with Crippen molar-refractivity contribution in [2.45, 2.75) is 44.0 Å². The van der Waals surface area contributed by atoms with Crippen LogP contribution in [0.5, 0.6) is 0 Å². The van der Waals surface area contributed by atoms with E-state index in [4.69, 9.17) is 0 Å². The zero-order valence-electron chi connectivity index (χ0n) is 16.1. The summed E-state index contributed by atoms with van der Waals surface area (Å²) in [6.07, 6.45) is 4.55. The van der Waals surface area contributed by atoms with Gasteiger partial charge in [-0.1, -0.05) is 30.0 Å². The summed E-state index contributed by atoms with van der Waals surface area (Å²) in [6.45, 7) is 2.03. The van der Waals surface area contributed by atoms with E-state index in [-0.39, 0.29) is 22.7 Å². The molecule has 1 N–H and O–H groups in total. The van der Waals surface area contributed by atoms with Crippen LogP contribution in [0.25, 0.3) is 0 Å². The Morgan fingerprint density at radius 1 is 1.29 bits per heavy atom. The lowest BCUT2D eigenvalue weighted by atomic mass is 9.93. The third-order valence-corrected chi connectivity index (χ3v) is 6.25. The number of amides is 1. The van der Waals surface area contributed by atoms with Gasteiger partial charge in [-0.15, -0.1) is 0 Å². The Morgan fingerprint density at radius 2 is 2.00 bits per heavy atom. The van der Waals surface area contributed by atoms with Crippen molar-refractivity contribution in [3.63, 3.8) is 0 Å². The van der Waals surface area contributed by atoms with E-state index in [9.17, 15) is 18.8 Å². The summed E-state index contributed by atoms with van der Waals surface area (Å²) >= 11 is 1.09. The second-order valence-corrected chi connectivity index (χ2v) is 8.49. The van der Waals surface area contributed by atoms with Gasteiger partial charge in [0, 0.05) is 38.1 Å². The van der Waals surface area contributed by atoms with Crippen molar-refractivity contribution in [1.82, 2.24) is 10.2 Å². The SMILES string of the molecule is CNC(=O)/C=C1\CCCN(C(C(=O)C2CC2)c2ccccc2F)C1SC(C)=O. The second-order valence-electron chi connectivity index (χ2n) is 7.24. The van der Waals surface area contributed by atoms with Crippen LogP contribution in [0.2, 0.25) is 0 Å². The highest BCUT2D eigenvalue weighted by molar-refractivity contribution is 8.14. The molecule has 2 unspecified atom stereocenters. The van der Waals surface area contributed by atoms with Crippen molar-refractivity contribution in [3.8, 4) is 0 Å². The van der Waals surface area contributed by atoms with Crippen LogP contribution in [0, 0.1) is 11.7 Å². The molecule has 28 heavy (non-hydrogen) atoms. The van der Waals surface area contributed by atoms with Gasteiger partial charge in [0.15, 0.2) is 10.9 Å². The molecule has 1 aliphatic heterocycles. The van der Waals surface area contributed by atoms with Gasteiger partial charge in [-0.25, -0.2) is 4.39 Å². The molecular weight excluding hydrogens is 379 g/mol. The molecule has 2 fully saturated rings. The number of carbonyl (C=O) groups excluding carboxylic acids is 3. The minimum atomic E-state index is -0.751. The molecule has 1 aliphatic carbocycles. The van der Waals surface area contributed by atoms with Gasteiger partial charge in [0.1, 0.15) is 5.82 Å². The molecule has 7 heteroatoms. The number of hydrogen-bond donors (Lipinski definition) is 1. The number of nitrogens with zero attached hydrogens (tertiary/aromatic N) is 1. The van der Waals surface area contributed by atoms with Gasteiger partial charge in [0.05, 0.1) is 11.4 Å². The number of benzene rings is 1. The highest BCUT2D eigenvalue weighted by Gasteiger charge is 2.43. The first-order chi connectivity index (χ1) is 13.4. The zero-order valence-corrected chi connectivity index (χ0v) is 16.9. The van der Waals surface area contributed by atoms with E-state index in [2.05, 4.69) is 5.32 Å². The van der Waals surface area contributed by atoms with Gasteiger partial charge in [0.25, 0.3) is 0 Å². The predicted octanol–water partition coefficient (Wildman–Crippen LogP) is 3.22. The molecule has 0 spiro atoms.